The first-order chi connectivity index (χ1) is 14.8. The molecular weight excluding hydrogens is 405 g/mol. The lowest BCUT2D eigenvalue weighted by atomic mass is 9.90. The number of benzene rings is 1. The van der Waals surface area contributed by atoms with Crippen molar-refractivity contribution in [2.75, 3.05) is 19.6 Å². The maximum Gasteiger partial charge on any atom is 0.390 e. The summed E-state index contributed by atoms with van der Waals surface area (Å²) in [6.45, 7) is 1.08. The maximum atomic E-state index is 12.8. The van der Waals surface area contributed by atoms with Crippen LogP contribution >= 0.6 is 0 Å². The van der Waals surface area contributed by atoms with Gasteiger partial charge in [-0.25, -0.2) is 0 Å². The van der Waals surface area contributed by atoms with Crippen LogP contribution in [-0.2, 0) is 18.3 Å². The third kappa shape index (κ3) is 5.50. The zero-order valence-corrected chi connectivity index (χ0v) is 17.4. The summed E-state index contributed by atoms with van der Waals surface area (Å²) in [5.74, 6) is 0.00657. The quantitative estimate of drug-likeness (QED) is 0.581. The number of hydrogen-bond acceptors (Lipinski definition) is 4. The lowest BCUT2D eigenvalue weighted by Gasteiger charge is -2.31. The van der Waals surface area contributed by atoms with Crippen molar-refractivity contribution in [2.24, 2.45) is 13.0 Å². The SMILES string of the molecule is Cn1cc(-c2ccc3cnc(CC(=O)C4CCN(CCC(F)(F)F)CC4)cc3c2)cn1. The van der Waals surface area contributed by atoms with Gasteiger partial charge in [0.25, 0.3) is 0 Å². The largest absolute Gasteiger partial charge is 0.390 e. The van der Waals surface area contributed by atoms with Crippen LogP contribution in [0.25, 0.3) is 21.9 Å². The molecule has 3 aromatic rings. The van der Waals surface area contributed by atoms with Crippen molar-refractivity contribution in [3.05, 3.63) is 48.5 Å². The van der Waals surface area contributed by atoms with Crippen LogP contribution in [0.5, 0.6) is 0 Å². The molecule has 1 saturated heterocycles. The molecule has 4 rings (SSSR count). The topological polar surface area (TPSA) is 51.0 Å². The number of likely N-dealkylation sites (tertiary alicyclic amines) is 1. The molecule has 3 heterocycles. The van der Waals surface area contributed by atoms with E-state index in [9.17, 15) is 18.0 Å². The van der Waals surface area contributed by atoms with Crippen molar-refractivity contribution in [1.29, 1.82) is 0 Å². The molecule has 0 aliphatic carbocycles. The Morgan fingerprint density at radius 3 is 2.55 bits per heavy atom. The van der Waals surface area contributed by atoms with Crippen LogP contribution < -0.4 is 0 Å². The van der Waals surface area contributed by atoms with Gasteiger partial charge in [-0.2, -0.15) is 18.3 Å². The summed E-state index contributed by atoms with van der Waals surface area (Å²) in [6.07, 6.45) is 2.08. The van der Waals surface area contributed by atoms with E-state index in [2.05, 4.69) is 16.1 Å². The maximum absolute atomic E-state index is 12.8. The monoisotopic (exact) mass is 430 g/mol. The molecule has 0 atom stereocenters. The number of carbonyl (C=O) groups is 1. The molecule has 0 spiro atoms. The number of ketones is 1. The van der Waals surface area contributed by atoms with Gasteiger partial charge in [-0.05, 0) is 49.0 Å². The third-order valence-electron chi connectivity index (χ3n) is 5.93. The summed E-state index contributed by atoms with van der Waals surface area (Å²) in [4.78, 5) is 19.0. The Kier molecular flexibility index (Phi) is 6.09. The molecule has 0 N–H and O–H groups in total. The molecule has 1 aliphatic heterocycles. The molecule has 5 nitrogen and oxygen atoms in total. The lowest BCUT2D eigenvalue weighted by Crippen LogP contribution is -2.38. The summed E-state index contributed by atoms with van der Waals surface area (Å²) in [5.41, 5.74) is 2.80. The molecule has 2 aromatic heterocycles. The van der Waals surface area contributed by atoms with Crippen LogP contribution in [0.4, 0.5) is 13.2 Å². The number of piperidine rings is 1. The third-order valence-corrected chi connectivity index (χ3v) is 5.93. The second-order valence-electron chi connectivity index (χ2n) is 8.26. The minimum atomic E-state index is -4.13. The van der Waals surface area contributed by atoms with E-state index < -0.39 is 12.6 Å². The molecule has 0 amide bonds. The molecule has 1 aromatic carbocycles. The van der Waals surface area contributed by atoms with Crippen LogP contribution in [-0.4, -0.2) is 51.3 Å². The molecular formula is C23H25F3N4O. The van der Waals surface area contributed by atoms with Gasteiger partial charge in [0.15, 0.2) is 0 Å². The van der Waals surface area contributed by atoms with Crippen molar-refractivity contribution in [3.8, 4) is 11.1 Å². The fourth-order valence-electron chi connectivity index (χ4n) is 4.12. The zero-order valence-electron chi connectivity index (χ0n) is 17.4. The summed E-state index contributed by atoms with van der Waals surface area (Å²) < 4.78 is 39.0. The second kappa shape index (κ2) is 8.78. The highest BCUT2D eigenvalue weighted by atomic mass is 19.4. The summed E-state index contributed by atoms with van der Waals surface area (Å²) in [5, 5.41) is 6.23. The molecule has 31 heavy (non-hydrogen) atoms. The first kappa shape index (κ1) is 21.5. The molecule has 0 bridgehead atoms. The van der Waals surface area contributed by atoms with Gasteiger partial charge in [0.2, 0.25) is 0 Å². The van der Waals surface area contributed by atoms with Crippen molar-refractivity contribution >= 4 is 16.6 Å². The van der Waals surface area contributed by atoms with Gasteiger partial charge >= 0.3 is 6.18 Å². The number of rotatable bonds is 6. The fourth-order valence-corrected chi connectivity index (χ4v) is 4.12. The van der Waals surface area contributed by atoms with E-state index in [0.29, 0.717) is 25.9 Å². The van der Waals surface area contributed by atoms with E-state index in [0.717, 1.165) is 27.6 Å². The van der Waals surface area contributed by atoms with Gasteiger partial charge in [0.1, 0.15) is 5.78 Å². The second-order valence-corrected chi connectivity index (χ2v) is 8.26. The number of halogens is 3. The Bertz CT molecular complexity index is 1070. The van der Waals surface area contributed by atoms with E-state index >= 15 is 0 Å². The first-order valence-electron chi connectivity index (χ1n) is 10.5. The predicted octanol–water partition coefficient (Wildman–Crippen LogP) is 4.41. The van der Waals surface area contributed by atoms with Crippen LogP contribution in [0.2, 0.25) is 0 Å². The molecule has 164 valence electrons. The number of nitrogens with zero attached hydrogens (tertiary/aromatic N) is 4. The molecule has 0 saturated carbocycles. The van der Waals surface area contributed by atoms with E-state index in [1.165, 1.54) is 0 Å². The highest BCUT2D eigenvalue weighted by Gasteiger charge is 2.30. The average Bonchev–Trinajstić information content (AvgIpc) is 3.18. The highest BCUT2D eigenvalue weighted by molar-refractivity contribution is 5.88. The van der Waals surface area contributed by atoms with Gasteiger partial charge < -0.3 is 4.90 Å². The van der Waals surface area contributed by atoms with E-state index in [4.69, 9.17) is 0 Å². The summed E-state index contributed by atoms with van der Waals surface area (Å²) in [7, 11) is 1.87. The number of Topliss-reactive ketones (excluding diaryl/α,β-unsaturated/α-hetero) is 1. The van der Waals surface area contributed by atoms with Crippen LogP contribution in [0.1, 0.15) is 25.0 Å². The van der Waals surface area contributed by atoms with Crippen LogP contribution in [0.3, 0.4) is 0 Å². The Labute approximate surface area is 178 Å². The standard InChI is InChI=1S/C23H25F3N4O/c1-29-15-20(14-28-29)17-2-3-18-13-27-21(11-19(18)10-17)12-22(31)16-4-7-30(8-5-16)9-6-23(24,25)26/h2-3,10-11,13-16H,4-9,12H2,1H3. The van der Waals surface area contributed by atoms with Gasteiger partial charge in [-0.15, -0.1) is 0 Å². The van der Waals surface area contributed by atoms with Crippen LogP contribution in [0.15, 0.2) is 42.9 Å². The minimum Gasteiger partial charge on any atom is -0.303 e. The summed E-state index contributed by atoms with van der Waals surface area (Å²) >= 11 is 0. The Morgan fingerprint density at radius 1 is 1.10 bits per heavy atom. The molecule has 0 radical (unpaired) electrons. The minimum absolute atomic E-state index is 0.00983. The Morgan fingerprint density at radius 2 is 1.87 bits per heavy atom. The number of carbonyl (C=O) groups excluding carboxylic acids is 1. The van der Waals surface area contributed by atoms with Crippen molar-refractivity contribution in [2.45, 2.75) is 31.9 Å². The highest BCUT2D eigenvalue weighted by Crippen LogP contribution is 2.26. The van der Waals surface area contributed by atoms with Gasteiger partial charge in [0.05, 0.1) is 12.6 Å². The molecule has 8 heteroatoms. The zero-order chi connectivity index (χ0) is 22.0. The van der Waals surface area contributed by atoms with Crippen molar-refractivity contribution < 1.29 is 18.0 Å². The predicted molar refractivity (Wildman–Crippen MR) is 112 cm³/mol. The Balaban J connectivity index is 1.38. The first-order valence-corrected chi connectivity index (χ1v) is 10.5. The normalized spacial score (nSPS) is 16.1. The smallest absolute Gasteiger partial charge is 0.303 e. The number of alkyl halides is 3. The van der Waals surface area contributed by atoms with Crippen molar-refractivity contribution in [3.63, 3.8) is 0 Å². The van der Waals surface area contributed by atoms with Crippen molar-refractivity contribution in [1.82, 2.24) is 19.7 Å². The van der Waals surface area contributed by atoms with E-state index in [-0.39, 0.29) is 24.7 Å². The van der Waals surface area contributed by atoms with Gasteiger partial charge in [-0.1, -0.05) is 12.1 Å². The summed E-state index contributed by atoms with van der Waals surface area (Å²) in [6, 6.07) is 8.05. The van der Waals surface area contributed by atoms with E-state index in [1.807, 2.05) is 37.6 Å². The molecule has 0 unspecified atom stereocenters. The van der Waals surface area contributed by atoms with Crippen LogP contribution in [0, 0.1) is 5.92 Å². The average molecular weight is 430 g/mol. The molecule has 1 fully saturated rings. The van der Waals surface area contributed by atoms with Gasteiger partial charge in [0, 0.05) is 55.0 Å². The lowest BCUT2D eigenvalue weighted by molar-refractivity contribution is -0.139. The number of fused-ring (bicyclic) bond motifs is 1. The van der Waals surface area contributed by atoms with Gasteiger partial charge in [-0.3, -0.25) is 14.5 Å². The molecule has 1 aliphatic rings. The fraction of sp³-hybridized carbons (Fsp3) is 0.435. The number of aromatic nitrogens is 3. The number of pyridine rings is 1. The number of hydrogen-bond donors (Lipinski definition) is 0. The number of aryl methyl sites for hydroxylation is 1. The Hall–Kier alpha value is -2.74. The van der Waals surface area contributed by atoms with E-state index in [1.54, 1.807) is 15.8 Å².